The highest BCUT2D eigenvalue weighted by Crippen LogP contribution is 2.11. The maximum atomic E-state index is 5.55. The molecular weight excluding hydrogens is 148 g/mol. The minimum absolute atomic E-state index is 0.388. The van der Waals surface area contributed by atoms with Gasteiger partial charge in [0.15, 0.2) is 0 Å². The largest absolute Gasteiger partial charge is 0.381 e. The smallest absolute Gasteiger partial charge is 0.0594 e. The number of hydrogen-bond donors (Lipinski definition) is 0. The molecule has 62 valence electrons. The van der Waals surface area contributed by atoms with Crippen molar-refractivity contribution in [1.29, 1.82) is 0 Å². The monoisotopic (exact) mass is 164 g/mol. The third-order valence-electron chi connectivity index (χ3n) is 1.67. The zero-order valence-electron chi connectivity index (χ0n) is 7.06. The van der Waals surface area contributed by atoms with Crippen molar-refractivity contribution in [2.75, 3.05) is 13.0 Å². The van der Waals surface area contributed by atoms with E-state index < -0.39 is 0 Å². The Morgan fingerprint density at radius 2 is 2.00 bits per heavy atom. The second-order valence-electron chi connectivity index (χ2n) is 2.85. The summed E-state index contributed by atoms with van der Waals surface area (Å²) in [6.45, 7) is 4.34. The standard InChI is InChI=1S/C8H17ClO/c1-7(2)8(10-3)5-4-6-9/h7-8H,4-6H2,1-3H3. The van der Waals surface area contributed by atoms with Gasteiger partial charge in [0.2, 0.25) is 0 Å². The van der Waals surface area contributed by atoms with Gasteiger partial charge in [0.25, 0.3) is 0 Å². The summed E-state index contributed by atoms with van der Waals surface area (Å²) in [7, 11) is 1.76. The molecule has 0 saturated carbocycles. The van der Waals surface area contributed by atoms with Crippen LogP contribution in [0.2, 0.25) is 0 Å². The van der Waals surface area contributed by atoms with Gasteiger partial charge in [-0.2, -0.15) is 0 Å². The molecule has 0 aromatic carbocycles. The average Bonchev–Trinajstić information content (AvgIpc) is 1.89. The number of halogens is 1. The van der Waals surface area contributed by atoms with Crippen molar-refractivity contribution in [1.82, 2.24) is 0 Å². The van der Waals surface area contributed by atoms with Gasteiger partial charge in [0.1, 0.15) is 0 Å². The topological polar surface area (TPSA) is 9.23 Å². The van der Waals surface area contributed by atoms with E-state index in [4.69, 9.17) is 16.3 Å². The van der Waals surface area contributed by atoms with E-state index in [1.807, 2.05) is 0 Å². The predicted molar refractivity (Wildman–Crippen MR) is 45.6 cm³/mol. The zero-order valence-corrected chi connectivity index (χ0v) is 7.82. The first-order valence-corrected chi connectivity index (χ1v) is 4.34. The molecule has 0 saturated heterocycles. The Labute approximate surface area is 68.7 Å². The molecule has 0 amide bonds. The highest BCUT2D eigenvalue weighted by Gasteiger charge is 2.10. The number of rotatable bonds is 5. The van der Waals surface area contributed by atoms with Gasteiger partial charge in [-0.15, -0.1) is 11.6 Å². The molecular formula is C8H17ClO. The van der Waals surface area contributed by atoms with Gasteiger partial charge in [-0.1, -0.05) is 13.8 Å². The van der Waals surface area contributed by atoms with Crippen molar-refractivity contribution in [2.24, 2.45) is 5.92 Å². The minimum atomic E-state index is 0.388. The van der Waals surface area contributed by atoms with Crippen LogP contribution in [0.1, 0.15) is 26.7 Å². The Morgan fingerprint density at radius 1 is 1.40 bits per heavy atom. The lowest BCUT2D eigenvalue weighted by molar-refractivity contribution is 0.0578. The van der Waals surface area contributed by atoms with Crippen LogP contribution in [0.3, 0.4) is 0 Å². The fraction of sp³-hybridized carbons (Fsp3) is 1.00. The van der Waals surface area contributed by atoms with Crippen molar-refractivity contribution in [3.63, 3.8) is 0 Å². The quantitative estimate of drug-likeness (QED) is 0.568. The van der Waals surface area contributed by atoms with E-state index in [1.54, 1.807) is 7.11 Å². The Kier molecular flexibility index (Phi) is 6.14. The molecule has 0 aromatic rings. The van der Waals surface area contributed by atoms with Crippen LogP contribution < -0.4 is 0 Å². The Balaban J connectivity index is 3.40. The van der Waals surface area contributed by atoms with E-state index in [1.165, 1.54) is 0 Å². The molecule has 0 fully saturated rings. The summed E-state index contributed by atoms with van der Waals surface area (Å²) >= 11 is 5.55. The molecule has 0 aliphatic heterocycles. The third-order valence-corrected chi connectivity index (χ3v) is 1.94. The molecule has 0 radical (unpaired) electrons. The lowest BCUT2D eigenvalue weighted by Crippen LogP contribution is -2.17. The molecule has 0 spiro atoms. The zero-order chi connectivity index (χ0) is 7.98. The van der Waals surface area contributed by atoms with Crippen LogP contribution in [0.15, 0.2) is 0 Å². The summed E-state index contributed by atoms with van der Waals surface area (Å²) in [5.41, 5.74) is 0. The van der Waals surface area contributed by atoms with Crippen LogP contribution in [-0.4, -0.2) is 19.1 Å². The molecule has 1 atom stereocenters. The molecule has 0 rings (SSSR count). The van der Waals surface area contributed by atoms with Gasteiger partial charge in [-0.25, -0.2) is 0 Å². The molecule has 2 heteroatoms. The number of methoxy groups -OCH3 is 1. The van der Waals surface area contributed by atoms with Gasteiger partial charge >= 0.3 is 0 Å². The van der Waals surface area contributed by atoms with Gasteiger partial charge in [0, 0.05) is 13.0 Å². The number of hydrogen-bond acceptors (Lipinski definition) is 1. The van der Waals surface area contributed by atoms with Crippen molar-refractivity contribution >= 4 is 11.6 Å². The summed E-state index contributed by atoms with van der Waals surface area (Å²) in [4.78, 5) is 0. The summed E-state index contributed by atoms with van der Waals surface area (Å²) in [5, 5.41) is 0. The first-order chi connectivity index (χ1) is 4.72. The maximum Gasteiger partial charge on any atom is 0.0594 e. The molecule has 0 aliphatic rings. The van der Waals surface area contributed by atoms with Gasteiger partial charge in [-0.05, 0) is 18.8 Å². The van der Waals surface area contributed by atoms with Crippen LogP contribution in [-0.2, 0) is 4.74 Å². The van der Waals surface area contributed by atoms with Gasteiger partial charge in [0.05, 0.1) is 6.10 Å². The van der Waals surface area contributed by atoms with Gasteiger partial charge < -0.3 is 4.74 Å². The number of ether oxygens (including phenoxy) is 1. The SMILES string of the molecule is COC(CCCCl)C(C)C. The first kappa shape index (κ1) is 10.2. The summed E-state index contributed by atoms with van der Waals surface area (Å²) in [5.74, 6) is 1.35. The second kappa shape index (κ2) is 5.99. The number of alkyl halides is 1. The normalized spacial score (nSPS) is 14.1. The van der Waals surface area contributed by atoms with E-state index in [-0.39, 0.29) is 0 Å². The molecule has 0 aromatic heterocycles. The van der Waals surface area contributed by atoms with Gasteiger partial charge in [-0.3, -0.25) is 0 Å². The van der Waals surface area contributed by atoms with Crippen molar-refractivity contribution < 1.29 is 4.74 Å². The Morgan fingerprint density at radius 3 is 2.30 bits per heavy atom. The van der Waals surface area contributed by atoms with Crippen LogP contribution >= 0.6 is 11.6 Å². The minimum Gasteiger partial charge on any atom is -0.381 e. The van der Waals surface area contributed by atoms with Crippen LogP contribution in [0, 0.1) is 5.92 Å². The summed E-state index contributed by atoms with van der Waals surface area (Å²) < 4.78 is 5.26. The Hall–Kier alpha value is 0.250. The Bertz CT molecular complexity index is 73.7. The lowest BCUT2D eigenvalue weighted by Gasteiger charge is -2.17. The fourth-order valence-electron chi connectivity index (χ4n) is 1.00. The molecule has 1 unspecified atom stereocenters. The molecule has 0 heterocycles. The highest BCUT2D eigenvalue weighted by atomic mass is 35.5. The van der Waals surface area contributed by atoms with E-state index in [0.29, 0.717) is 12.0 Å². The molecule has 0 aliphatic carbocycles. The maximum absolute atomic E-state index is 5.55. The predicted octanol–water partition coefficient (Wildman–Crippen LogP) is 2.68. The fourth-order valence-corrected chi connectivity index (χ4v) is 1.16. The summed E-state index contributed by atoms with van der Waals surface area (Å²) in [6.07, 6.45) is 2.52. The van der Waals surface area contributed by atoms with E-state index >= 15 is 0 Å². The van der Waals surface area contributed by atoms with Crippen LogP contribution in [0.4, 0.5) is 0 Å². The first-order valence-electron chi connectivity index (χ1n) is 3.81. The second-order valence-corrected chi connectivity index (χ2v) is 3.23. The van der Waals surface area contributed by atoms with Crippen LogP contribution in [0.25, 0.3) is 0 Å². The molecule has 0 N–H and O–H groups in total. The highest BCUT2D eigenvalue weighted by molar-refractivity contribution is 6.17. The van der Waals surface area contributed by atoms with Crippen molar-refractivity contribution in [3.8, 4) is 0 Å². The van der Waals surface area contributed by atoms with E-state index in [9.17, 15) is 0 Å². The average molecular weight is 165 g/mol. The van der Waals surface area contributed by atoms with Crippen molar-refractivity contribution in [2.45, 2.75) is 32.8 Å². The molecule has 1 nitrogen and oxygen atoms in total. The molecule has 10 heavy (non-hydrogen) atoms. The lowest BCUT2D eigenvalue weighted by atomic mass is 10.0. The third kappa shape index (κ3) is 4.13. The van der Waals surface area contributed by atoms with Crippen LogP contribution in [0.5, 0.6) is 0 Å². The summed E-state index contributed by atoms with van der Waals surface area (Å²) in [6, 6.07) is 0. The van der Waals surface area contributed by atoms with Crippen molar-refractivity contribution in [3.05, 3.63) is 0 Å². The van der Waals surface area contributed by atoms with E-state index in [0.717, 1.165) is 18.7 Å². The molecule has 0 bridgehead atoms. The van der Waals surface area contributed by atoms with E-state index in [2.05, 4.69) is 13.8 Å².